The van der Waals surface area contributed by atoms with E-state index in [9.17, 15) is 22.8 Å². The number of piperidine rings is 1. The lowest BCUT2D eigenvalue weighted by Gasteiger charge is -2.29. The molecule has 0 bridgehead atoms. The van der Waals surface area contributed by atoms with E-state index >= 15 is 0 Å². The van der Waals surface area contributed by atoms with Gasteiger partial charge in [0.1, 0.15) is 0 Å². The molecule has 0 spiro atoms. The van der Waals surface area contributed by atoms with Crippen molar-refractivity contribution in [2.45, 2.75) is 56.9 Å². The van der Waals surface area contributed by atoms with Gasteiger partial charge >= 0.3 is 12.1 Å². The molecule has 1 aromatic rings. The highest BCUT2D eigenvalue weighted by Crippen LogP contribution is 2.13. The van der Waals surface area contributed by atoms with Gasteiger partial charge in [0, 0.05) is 24.7 Å². The molecule has 0 saturated carbocycles. The van der Waals surface area contributed by atoms with Crippen LogP contribution in [0.4, 0.5) is 13.2 Å². The Balaban J connectivity index is 0.000000718. The molecule has 8 nitrogen and oxygen atoms in total. The van der Waals surface area contributed by atoms with Gasteiger partial charge < -0.3 is 26.4 Å². The summed E-state index contributed by atoms with van der Waals surface area (Å²) in [6.07, 6.45) is 1.83. The first-order chi connectivity index (χ1) is 15.9. The standard InChI is InChI=1S/C21H32N4O2.C2HF3O2/c1-16(22)21(27)24-18(11-10-17-7-4-3-5-8-17)12-13-20(26)23-19-9-6-14-25(2)15-19;3-2(4,5)1(6)7/h3-5,7-8,12-13,16,18-19H,6,9-11,14-15,22H2,1-2H3,(H,23,26)(H,24,27);(H,6,7)/b13-12+;/t16-,18-,19?;/m0./s1. The van der Waals surface area contributed by atoms with Crippen LogP contribution in [-0.2, 0) is 20.8 Å². The SMILES string of the molecule is C[C@H](N)C(=O)N[C@H](/C=C/C(=O)NC1CCCN(C)C1)CCc1ccccc1.O=C(O)C(F)(F)F. The number of amides is 2. The van der Waals surface area contributed by atoms with Crippen molar-refractivity contribution in [3.8, 4) is 0 Å². The largest absolute Gasteiger partial charge is 0.490 e. The number of aliphatic carboxylic acids is 1. The van der Waals surface area contributed by atoms with Gasteiger partial charge in [-0.15, -0.1) is 0 Å². The van der Waals surface area contributed by atoms with Crippen LogP contribution in [0.1, 0.15) is 31.7 Å². The van der Waals surface area contributed by atoms with Crippen molar-refractivity contribution in [1.29, 1.82) is 0 Å². The van der Waals surface area contributed by atoms with Crippen molar-refractivity contribution < 1.29 is 32.7 Å². The Morgan fingerprint density at radius 1 is 1.26 bits per heavy atom. The summed E-state index contributed by atoms with van der Waals surface area (Å²) in [6, 6.07) is 9.45. The monoisotopic (exact) mass is 486 g/mol. The average molecular weight is 487 g/mol. The smallest absolute Gasteiger partial charge is 0.475 e. The fourth-order valence-corrected chi connectivity index (χ4v) is 3.23. The summed E-state index contributed by atoms with van der Waals surface area (Å²) in [5.41, 5.74) is 6.86. The second-order valence-corrected chi connectivity index (χ2v) is 8.20. The average Bonchev–Trinajstić information content (AvgIpc) is 2.76. The highest BCUT2D eigenvalue weighted by molar-refractivity contribution is 5.88. The van der Waals surface area contributed by atoms with Crippen molar-refractivity contribution >= 4 is 17.8 Å². The van der Waals surface area contributed by atoms with E-state index < -0.39 is 18.2 Å². The van der Waals surface area contributed by atoms with Crippen LogP contribution >= 0.6 is 0 Å². The van der Waals surface area contributed by atoms with Crippen molar-refractivity contribution in [3.05, 3.63) is 48.0 Å². The molecule has 2 rings (SSSR count). The number of alkyl halides is 3. The number of nitrogens with two attached hydrogens (primary N) is 1. The molecular formula is C23H33F3N4O4. The lowest BCUT2D eigenvalue weighted by atomic mass is 10.0. The number of nitrogens with one attached hydrogen (secondary N) is 2. The number of rotatable bonds is 8. The Bertz CT molecular complexity index is 816. The molecule has 1 heterocycles. The Kier molecular flexibility index (Phi) is 12.3. The molecule has 3 atom stereocenters. The number of benzene rings is 1. The first-order valence-corrected chi connectivity index (χ1v) is 11.0. The van der Waals surface area contributed by atoms with Gasteiger partial charge in [0.25, 0.3) is 0 Å². The minimum atomic E-state index is -5.08. The molecule has 1 fully saturated rings. The Hall–Kier alpha value is -2.92. The molecule has 34 heavy (non-hydrogen) atoms. The summed E-state index contributed by atoms with van der Waals surface area (Å²) in [6.45, 7) is 3.60. The Morgan fingerprint density at radius 3 is 2.41 bits per heavy atom. The molecule has 1 unspecified atom stereocenters. The third-order valence-electron chi connectivity index (χ3n) is 5.02. The first kappa shape index (κ1) is 29.1. The Morgan fingerprint density at radius 2 is 1.88 bits per heavy atom. The van der Waals surface area contributed by atoms with Gasteiger partial charge in [0.15, 0.2) is 0 Å². The van der Waals surface area contributed by atoms with Gasteiger partial charge in [-0.3, -0.25) is 9.59 Å². The molecule has 0 aromatic heterocycles. The normalized spacial score (nSPS) is 18.4. The highest BCUT2D eigenvalue weighted by atomic mass is 19.4. The van der Waals surface area contributed by atoms with E-state index in [4.69, 9.17) is 15.6 Å². The van der Waals surface area contributed by atoms with Crippen LogP contribution in [-0.4, -0.2) is 72.2 Å². The highest BCUT2D eigenvalue weighted by Gasteiger charge is 2.38. The van der Waals surface area contributed by atoms with Crippen LogP contribution in [0.3, 0.4) is 0 Å². The van der Waals surface area contributed by atoms with Crippen LogP contribution in [0.25, 0.3) is 0 Å². The van der Waals surface area contributed by atoms with Gasteiger partial charge in [0.05, 0.1) is 6.04 Å². The summed E-state index contributed by atoms with van der Waals surface area (Å²) in [7, 11) is 2.07. The molecule has 190 valence electrons. The van der Waals surface area contributed by atoms with Gasteiger partial charge in [-0.2, -0.15) is 13.2 Å². The van der Waals surface area contributed by atoms with Crippen LogP contribution in [0.2, 0.25) is 0 Å². The number of hydrogen-bond donors (Lipinski definition) is 4. The number of carboxylic acid groups (broad SMARTS) is 1. The van der Waals surface area contributed by atoms with E-state index in [1.165, 1.54) is 11.6 Å². The topological polar surface area (TPSA) is 125 Å². The maximum absolute atomic E-state index is 12.3. The van der Waals surface area contributed by atoms with E-state index in [-0.39, 0.29) is 23.9 Å². The van der Waals surface area contributed by atoms with Crippen molar-refractivity contribution in [2.24, 2.45) is 5.73 Å². The van der Waals surface area contributed by atoms with Crippen LogP contribution in [0.15, 0.2) is 42.5 Å². The quantitative estimate of drug-likeness (QED) is 0.416. The first-order valence-electron chi connectivity index (χ1n) is 11.0. The summed E-state index contributed by atoms with van der Waals surface area (Å²) < 4.78 is 31.7. The fourth-order valence-electron chi connectivity index (χ4n) is 3.23. The predicted octanol–water partition coefficient (Wildman–Crippen LogP) is 1.85. The number of carbonyl (C=O) groups excluding carboxylic acids is 2. The molecule has 0 radical (unpaired) electrons. The van der Waals surface area contributed by atoms with Gasteiger partial charge in [-0.05, 0) is 51.8 Å². The lowest BCUT2D eigenvalue weighted by Crippen LogP contribution is -2.46. The maximum atomic E-state index is 12.3. The minimum Gasteiger partial charge on any atom is -0.475 e. The van der Waals surface area contributed by atoms with E-state index in [0.717, 1.165) is 32.4 Å². The van der Waals surface area contributed by atoms with E-state index in [1.807, 2.05) is 18.2 Å². The third kappa shape index (κ3) is 12.4. The molecule has 1 aromatic carbocycles. The van der Waals surface area contributed by atoms with Crippen LogP contribution in [0.5, 0.6) is 0 Å². The van der Waals surface area contributed by atoms with Gasteiger partial charge in [-0.25, -0.2) is 4.79 Å². The van der Waals surface area contributed by atoms with E-state index in [0.29, 0.717) is 6.42 Å². The molecule has 1 aliphatic rings. The predicted molar refractivity (Wildman–Crippen MR) is 122 cm³/mol. The zero-order valence-electron chi connectivity index (χ0n) is 19.3. The Labute approximate surface area is 197 Å². The lowest BCUT2D eigenvalue weighted by molar-refractivity contribution is -0.192. The van der Waals surface area contributed by atoms with Crippen molar-refractivity contribution in [3.63, 3.8) is 0 Å². The minimum absolute atomic E-state index is 0.116. The number of nitrogens with zero attached hydrogens (tertiary/aromatic N) is 1. The van der Waals surface area contributed by atoms with Crippen molar-refractivity contribution in [2.75, 3.05) is 20.1 Å². The number of hydrogen-bond acceptors (Lipinski definition) is 5. The molecule has 1 aliphatic heterocycles. The molecule has 1 saturated heterocycles. The van der Waals surface area contributed by atoms with E-state index in [1.54, 1.807) is 13.0 Å². The van der Waals surface area contributed by atoms with Crippen LogP contribution < -0.4 is 16.4 Å². The molecule has 11 heteroatoms. The van der Waals surface area contributed by atoms with Crippen molar-refractivity contribution in [1.82, 2.24) is 15.5 Å². The van der Waals surface area contributed by atoms with Gasteiger partial charge in [-0.1, -0.05) is 36.4 Å². The third-order valence-corrected chi connectivity index (χ3v) is 5.02. The number of likely N-dealkylation sites (tertiary alicyclic amines) is 1. The number of halogens is 3. The summed E-state index contributed by atoms with van der Waals surface area (Å²) in [4.78, 5) is 35.4. The number of carboxylic acids is 1. The second kappa shape index (κ2) is 14.4. The number of aryl methyl sites for hydroxylation is 1. The number of carbonyl (C=O) groups is 3. The van der Waals surface area contributed by atoms with Gasteiger partial charge in [0.2, 0.25) is 11.8 Å². The summed E-state index contributed by atoms with van der Waals surface area (Å²) in [5, 5.41) is 13.1. The van der Waals surface area contributed by atoms with Crippen LogP contribution in [0, 0.1) is 0 Å². The second-order valence-electron chi connectivity index (χ2n) is 8.20. The zero-order valence-corrected chi connectivity index (χ0v) is 19.3. The molecule has 2 amide bonds. The molecular weight excluding hydrogens is 453 g/mol. The fraction of sp³-hybridized carbons (Fsp3) is 0.522. The molecule has 5 N–H and O–H groups in total. The maximum Gasteiger partial charge on any atom is 0.490 e. The number of likely N-dealkylation sites (N-methyl/N-ethyl adjacent to an activating group) is 1. The summed E-state index contributed by atoms with van der Waals surface area (Å²) in [5.74, 6) is -3.09. The zero-order chi connectivity index (χ0) is 25.7. The molecule has 0 aliphatic carbocycles. The van der Waals surface area contributed by atoms with E-state index in [2.05, 4.69) is 34.7 Å². The summed E-state index contributed by atoms with van der Waals surface area (Å²) >= 11 is 0.